The minimum Gasteiger partial charge on any atom is -0.326 e. The SMILES string of the molecule is NCc1ccc(NC(=O)c2ccc(C(=O)Nc3ccc(CN)cc3)c(F)c2)cc1. The Morgan fingerprint density at radius 1 is 0.724 bits per heavy atom. The summed E-state index contributed by atoms with van der Waals surface area (Å²) in [4.78, 5) is 24.7. The number of carbonyl (C=O) groups excluding carboxylic acids is 2. The second-order valence-corrected chi connectivity index (χ2v) is 6.40. The maximum absolute atomic E-state index is 14.4. The number of nitrogens with one attached hydrogen (secondary N) is 2. The minimum absolute atomic E-state index is 0.106. The second-order valence-electron chi connectivity index (χ2n) is 6.40. The number of hydrogen-bond donors (Lipinski definition) is 4. The molecule has 29 heavy (non-hydrogen) atoms. The van der Waals surface area contributed by atoms with Gasteiger partial charge < -0.3 is 22.1 Å². The molecule has 0 heterocycles. The van der Waals surface area contributed by atoms with Gasteiger partial charge >= 0.3 is 0 Å². The van der Waals surface area contributed by atoms with E-state index in [1.807, 2.05) is 0 Å². The highest BCUT2D eigenvalue weighted by Gasteiger charge is 2.15. The van der Waals surface area contributed by atoms with Crippen LogP contribution in [0.2, 0.25) is 0 Å². The van der Waals surface area contributed by atoms with E-state index in [1.54, 1.807) is 48.5 Å². The van der Waals surface area contributed by atoms with E-state index in [4.69, 9.17) is 11.5 Å². The zero-order valence-electron chi connectivity index (χ0n) is 15.6. The Balaban J connectivity index is 1.69. The lowest BCUT2D eigenvalue weighted by molar-refractivity contribution is 0.101. The summed E-state index contributed by atoms with van der Waals surface area (Å²) < 4.78 is 14.4. The van der Waals surface area contributed by atoms with Crippen LogP contribution in [0, 0.1) is 5.82 Å². The van der Waals surface area contributed by atoms with Crippen LogP contribution in [-0.4, -0.2) is 11.8 Å². The van der Waals surface area contributed by atoms with Crippen molar-refractivity contribution in [3.8, 4) is 0 Å². The van der Waals surface area contributed by atoms with Gasteiger partial charge in [-0.15, -0.1) is 0 Å². The van der Waals surface area contributed by atoms with Gasteiger partial charge in [0.05, 0.1) is 5.56 Å². The van der Waals surface area contributed by atoms with Crippen molar-refractivity contribution in [1.82, 2.24) is 0 Å². The minimum atomic E-state index is -0.785. The molecule has 0 atom stereocenters. The van der Waals surface area contributed by atoms with Crippen LogP contribution in [-0.2, 0) is 13.1 Å². The van der Waals surface area contributed by atoms with E-state index >= 15 is 0 Å². The molecule has 0 saturated carbocycles. The Bertz CT molecular complexity index is 1020. The van der Waals surface area contributed by atoms with Crippen molar-refractivity contribution in [3.05, 3.63) is 94.8 Å². The number of amides is 2. The van der Waals surface area contributed by atoms with Crippen molar-refractivity contribution in [3.63, 3.8) is 0 Å². The lowest BCUT2D eigenvalue weighted by Gasteiger charge is -2.09. The Kier molecular flexibility index (Phi) is 6.33. The van der Waals surface area contributed by atoms with Gasteiger partial charge in [0.25, 0.3) is 11.8 Å². The molecular formula is C22H21FN4O2. The largest absolute Gasteiger partial charge is 0.326 e. The molecule has 0 aliphatic carbocycles. The fourth-order valence-corrected chi connectivity index (χ4v) is 2.69. The smallest absolute Gasteiger partial charge is 0.258 e. The molecule has 0 aromatic heterocycles. The van der Waals surface area contributed by atoms with E-state index in [1.165, 1.54) is 12.1 Å². The lowest BCUT2D eigenvalue weighted by atomic mass is 10.1. The molecule has 6 nitrogen and oxygen atoms in total. The monoisotopic (exact) mass is 392 g/mol. The van der Waals surface area contributed by atoms with E-state index < -0.39 is 17.6 Å². The molecule has 6 N–H and O–H groups in total. The van der Waals surface area contributed by atoms with E-state index in [2.05, 4.69) is 10.6 Å². The molecule has 0 fully saturated rings. The van der Waals surface area contributed by atoms with Gasteiger partial charge in [0, 0.05) is 30.0 Å². The summed E-state index contributed by atoms with van der Waals surface area (Å²) in [6.45, 7) is 0.795. The van der Waals surface area contributed by atoms with Gasteiger partial charge in [0.2, 0.25) is 0 Å². The highest BCUT2D eigenvalue weighted by Crippen LogP contribution is 2.16. The molecule has 0 bridgehead atoms. The van der Waals surface area contributed by atoms with E-state index in [-0.39, 0.29) is 11.1 Å². The quantitative estimate of drug-likeness (QED) is 0.516. The summed E-state index contributed by atoms with van der Waals surface area (Å²) in [7, 11) is 0. The Morgan fingerprint density at radius 3 is 1.66 bits per heavy atom. The molecule has 3 aromatic rings. The molecule has 2 amide bonds. The molecule has 0 spiro atoms. The lowest BCUT2D eigenvalue weighted by Crippen LogP contribution is -2.16. The van der Waals surface area contributed by atoms with Gasteiger partial charge in [0.15, 0.2) is 0 Å². The van der Waals surface area contributed by atoms with Crippen molar-refractivity contribution < 1.29 is 14.0 Å². The van der Waals surface area contributed by atoms with E-state index in [9.17, 15) is 14.0 Å². The van der Waals surface area contributed by atoms with Crippen LogP contribution in [0.4, 0.5) is 15.8 Å². The van der Waals surface area contributed by atoms with Gasteiger partial charge in [-0.1, -0.05) is 24.3 Å². The maximum atomic E-state index is 14.4. The van der Waals surface area contributed by atoms with Gasteiger partial charge in [-0.3, -0.25) is 9.59 Å². The predicted octanol–water partition coefficient (Wildman–Crippen LogP) is 3.25. The topological polar surface area (TPSA) is 110 Å². The zero-order valence-corrected chi connectivity index (χ0v) is 15.6. The fourth-order valence-electron chi connectivity index (χ4n) is 2.69. The standard InChI is InChI=1S/C22H21FN4O2/c23-20-11-16(21(28)26-17-6-1-14(12-24)2-7-17)5-10-19(20)22(29)27-18-8-3-15(13-25)4-9-18/h1-11H,12-13,24-25H2,(H,26,28)(H,27,29). The number of nitrogens with two attached hydrogens (primary N) is 2. The predicted molar refractivity (Wildman–Crippen MR) is 111 cm³/mol. The van der Waals surface area contributed by atoms with Gasteiger partial charge in [-0.05, 0) is 53.6 Å². The highest BCUT2D eigenvalue weighted by molar-refractivity contribution is 6.07. The second kappa shape index (κ2) is 9.09. The molecule has 0 unspecified atom stereocenters. The van der Waals surface area contributed by atoms with Gasteiger partial charge in [0.1, 0.15) is 5.82 Å². The molecule has 7 heteroatoms. The third-order valence-electron chi connectivity index (χ3n) is 4.37. The summed E-state index contributed by atoms with van der Waals surface area (Å²) >= 11 is 0. The highest BCUT2D eigenvalue weighted by atomic mass is 19.1. The first-order valence-corrected chi connectivity index (χ1v) is 9.00. The summed E-state index contributed by atoms with van der Waals surface area (Å²) in [6.07, 6.45) is 0. The van der Waals surface area contributed by atoms with Crippen LogP contribution in [0.5, 0.6) is 0 Å². The third kappa shape index (κ3) is 5.04. The first kappa shape index (κ1) is 20.2. The summed E-state index contributed by atoms with van der Waals surface area (Å²) in [5, 5.41) is 5.30. The van der Waals surface area contributed by atoms with Crippen LogP contribution in [0.25, 0.3) is 0 Å². The van der Waals surface area contributed by atoms with Crippen LogP contribution < -0.4 is 22.1 Å². The van der Waals surface area contributed by atoms with Crippen molar-refractivity contribution in [2.45, 2.75) is 13.1 Å². The fraction of sp³-hybridized carbons (Fsp3) is 0.0909. The number of halogens is 1. The number of hydrogen-bond acceptors (Lipinski definition) is 4. The van der Waals surface area contributed by atoms with E-state index in [0.717, 1.165) is 17.2 Å². The first-order valence-electron chi connectivity index (χ1n) is 9.00. The van der Waals surface area contributed by atoms with Crippen LogP contribution in [0.1, 0.15) is 31.8 Å². The summed E-state index contributed by atoms with van der Waals surface area (Å²) in [6, 6.07) is 17.7. The van der Waals surface area contributed by atoms with Crippen molar-refractivity contribution >= 4 is 23.2 Å². The molecule has 3 aromatic carbocycles. The van der Waals surface area contributed by atoms with Crippen LogP contribution >= 0.6 is 0 Å². The molecule has 3 rings (SSSR count). The number of carbonyl (C=O) groups is 2. The Morgan fingerprint density at radius 2 is 1.21 bits per heavy atom. The molecule has 0 aliphatic heterocycles. The maximum Gasteiger partial charge on any atom is 0.258 e. The average Bonchev–Trinajstić information content (AvgIpc) is 2.74. The molecule has 0 saturated heterocycles. The Labute approximate surface area is 167 Å². The third-order valence-corrected chi connectivity index (χ3v) is 4.37. The van der Waals surface area contributed by atoms with Crippen molar-refractivity contribution in [2.75, 3.05) is 10.6 Å². The van der Waals surface area contributed by atoms with Crippen LogP contribution in [0.3, 0.4) is 0 Å². The number of rotatable bonds is 6. The summed E-state index contributed by atoms with van der Waals surface area (Å²) in [5.74, 6) is -1.87. The molecule has 148 valence electrons. The first-order chi connectivity index (χ1) is 14.0. The zero-order chi connectivity index (χ0) is 20.8. The molecule has 0 aliphatic rings. The normalized spacial score (nSPS) is 10.4. The van der Waals surface area contributed by atoms with Gasteiger partial charge in [-0.25, -0.2) is 4.39 Å². The van der Waals surface area contributed by atoms with Crippen LogP contribution in [0.15, 0.2) is 66.7 Å². The Hall–Kier alpha value is -3.55. The molecular weight excluding hydrogens is 371 g/mol. The van der Waals surface area contributed by atoms with Crippen molar-refractivity contribution in [1.29, 1.82) is 0 Å². The summed E-state index contributed by atoms with van der Waals surface area (Å²) in [5.41, 5.74) is 14.0. The number of benzene rings is 3. The van der Waals surface area contributed by atoms with E-state index in [0.29, 0.717) is 24.5 Å². The van der Waals surface area contributed by atoms with Crippen molar-refractivity contribution in [2.24, 2.45) is 11.5 Å². The van der Waals surface area contributed by atoms with Gasteiger partial charge in [-0.2, -0.15) is 0 Å². The average molecular weight is 392 g/mol. The number of anilines is 2. The molecule has 0 radical (unpaired) electrons.